The summed E-state index contributed by atoms with van der Waals surface area (Å²) in [5.74, 6) is 0.478. The molecule has 114 valence electrons. The average Bonchev–Trinajstić information content (AvgIpc) is 3.12. The number of carbonyl (C=O) groups excluding carboxylic acids is 1. The second-order valence-electron chi connectivity index (χ2n) is 5.89. The largest absolute Gasteiger partial charge is 0.344 e. The Morgan fingerprint density at radius 1 is 1.60 bits per heavy atom. The summed E-state index contributed by atoms with van der Waals surface area (Å²) in [6, 6.07) is 2.11. The molecular weight excluding hydrogens is 342 g/mol. The van der Waals surface area contributed by atoms with E-state index < -0.39 is 0 Å². The van der Waals surface area contributed by atoms with Crippen molar-refractivity contribution < 1.29 is 4.79 Å². The van der Waals surface area contributed by atoms with Crippen LogP contribution in [0.5, 0.6) is 0 Å². The Balaban J connectivity index is 0.00000200. The van der Waals surface area contributed by atoms with Gasteiger partial charge in [0.25, 0.3) is 5.91 Å². The summed E-state index contributed by atoms with van der Waals surface area (Å²) in [5.41, 5.74) is 6.25. The molecule has 20 heavy (non-hydrogen) atoms. The van der Waals surface area contributed by atoms with Crippen LogP contribution in [0, 0.1) is 5.92 Å². The van der Waals surface area contributed by atoms with Crippen LogP contribution in [0.25, 0.3) is 0 Å². The molecule has 0 bridgehead atoms. The smallest absolute Gasteiger partial charge is 0.268 e. The van der Waals surface area contributed by atoms with E-state index in [4.69, 9.17) is 5.73 Å². The standard InChI is InChI=1S/C14H22BrN3O.ClH/c1-9(2)18-7-11(15)6-12(18)13(19)17-14(3,8-16)10-4-5-10;/h6-7,9-10H,4-5,8,16H2,1-3H3,(H,17,19);1H. The van der Waals surface area contributed by atoms with Crippen molar-refractivity contribution in [2.24, 2.45) is 11.7 Å². The first-order valence-electron chi connectivity index (χ1n) is 6.77. The van der Waals surface area contributed by atoms with Crippen molar-refractivity contribution in [2.75, 3.05) is 6.54 Å². The Kier molecular flexibility index (Phi) is 5.70. The lowest BCUT2D eigenvalue weighted by Crippen LogP contribution is -2.53. The summed E-state index contributed by atoms with van der Waals surface area (Å²) in [6.07, 6.45) is 4.25. The molecule has 0 radical (unpaired) electrons. The van der Waals surface area contributed by atoms with Crippen LogP contribution in [0.1, 0.15) is 50.1 Å². The lowest BCUT2D eigenvalue weighted by Gasteiger charge is -2.29. The molecule has 1 aromatic heterocycles. The summed E-state index contributed by atoms with van der Waals surface area (Å²) in [6.45, 7) is 6.64. The molecule has 4 nitrogen and oxygen atoms in total. The maximum Gasteiger partial charge on any atom is 0.268 e. The van der Waals surface area contributed by atoms with Crippen molar-refractivity contribution >= 4 is 34.2 Å². The maximum absolute atomic E-state index is 12.5. The van der Waals surface area contributed by atoms with Gasteiger partial charge in [0.1, 0.15) is 5.69 Å². The fourth-order valence-electron chi connectivity index (χ4n) is 2.42. The summed E-state index contributed by atoms with van der Waals surface area (Å²) >= 11 is 3.43. The third-order valence-corrected chi connectivity index (χ3v) is 4.34. The highest BCUT2D eigenvalue weighted by Gasteiger charge is 2.42. The molecule has 1 amide bonds. The molecule has 1 atom stereocenters. The number of halogens is 2. The first-order chi connectivity index (χ1) is 8.87. The number of carbonyl (C=O) groups is 1. The molecule has 1 heterocycles. The molecule has 0 saturated heterocycles. The lowest BCUT2D eigenvalue weighted by molar-refractivity contribution is 0.0886. The minimum atomic E-state index is -0.282. The van der Waals surface area contributed by atoms with Crippen molar-refractivity contribution in [3.63, 3.8) is 0 Å². The minimum absolute atomic E-state index is 0. The number of amides is 1. The highest BCUT2D eigenvalue weighted by atomic mass is 79.9. The van der Waals surface area contributed by atoms with Crippen LogP contribution in [0.3, 0.4) is 0 Å². The van der Waals surface area contributed by atoms with E-state index >= 15 is 0 Å². The molecule has 3 N–H and O–H groups in total. The van der Waals surface area contributed by atoms with Crippen LogP contribution in [0.4, 0.5) is 0 Å². The number of hydrogen-bond donors (Lipinski definition) is 2. The highest BCUT2D eigenvalue weighted by molar-refractivity contribution is 9.10. The van der Waals surface area contributed by atoms with Gasteiger partial charge in [0, 0.05) is 23.3 Å². The quantitative estimate of drug-likeness (QED) is 0.843. The van der Waals surface area contributed by atoms with Gasteiger partial charge in [-0.2, -0.15) is 0 Å². The van der Waals surface area contributed by atoms with Crippen LogP contribution in [0.15, 0.2) is 16.7 Å². The number of nitrogens with zero attached hydrogens (tertiary/aromatic N) is 1. The second kappa shape index (κ2) is 6.50. The zero-order valence-electron chi connectivity index (χ0n) is 12.1. The van der Waals surface area contributed by atoms with E-state index in [2.05, 4.69) is 35.1 Å². The molecule has 6 heteroatoms. The maximum atomic E-state index is 12.5. The Labute approximate surface area is 135 Å². The van der Waals surface area contributed by atoms with Gasteiger partial charge in [-0.3, -0.25) is 4.79 Å². The summed E-state index contributed by atoms with van der Waals surface area (Å²) < 4.78 is 2.90. The molecule has 2 rings (SSSR count). The van der Waals surface area contributed by atoms with Gasteiger partial charge in [-0.15, -0.1) is 12.4 Å². The van der Waals surface area contributed by atoms with Crippen molar-refractivity contribution in [1.29, 1.82) is 0 Å². The average molecular weight is 365 g/mol. The number of rotatable bonds is 5. The van der Waals surface area contributed by atoms with Crippen LogP contribution in [-0.4, -0.2) is 22.6 Å². The summed E-state index contributed by atoms with van der Waals surface area (Å²) in [7, 11) is 0. The van der Waals surface area contributed by atoms with E-state index in [1.807, 2.05) is 23.8 Å². The third kappa shape index (κ3) is 3.57. The van der Waals surface area contributed by atoms with Crippen molar-refractivity contribution in [1.82, 2.24) is 9.88 Å². The van der Waals surface area contributed by atoms with Crippen LogP contribution in [0.2, 0.25) is 0 Å². The first-order valence-corrected chi connectivity index (χ1v) is 7.56. The second-order valence-corrected chi connectivity index (χ2v) is 6.81. The Hall–Kier alpha value is -0.520. The van der Waals surface area contributed by atoms with Gasteiger partial charge in [-0.25, -0.2) is 0 Å². The normalized spacial score (nSPS) is 17.5. The molecule has 0 aliphatic heterocycles. The number of nitrogens with two attached hydrogens (primary N) is 1. The topological polar surface area (TPSA) is 60.0 Å². The van der Waals surface area contributed by atoms with Gasteiger partial charge in [0.15, 0.2) is 0 Å². The van der Waals surface area contributed by atoms with Gasteiger partial charge in [0.05, 0.1) is 5.54 Å². The lowest BCUT2D eigenvalue weighted by atomic mass is 9.96. The highest BCUT2D eigenvalue weighted by Crippen LogP contribution is 2.39. The van der Waals surface area contributed by atoms with E-state index in [9.17, 15) is 4.79 Å². The van der Waals surface area contributed by atoms with Gasteiger partial charge in [-0.05, 0) is 61.5 Å². The van der Waals surface area contributed by atoms with E-state index in [1.54, 1.807) is 0 Å². The molecular formula is C14H23BrClN3O. The zero-order chi connectivity index (χ0) is 14.2. The van der Waals surface area contributed by atoms with Gasteiger partial charge < -0.3 is 15.6 Å². The monoisotopic (exact) mass is 363 g/mol. The van der Waals surface area contributed by atoms with E-state index in [1.165, 1.54) is 0 Å². The number of aromatic nitrogens is 1. The fraction of sp³-hybridized carbons (Fsp3) is 0.643. The number of hydrogen-bond acceptors (Lipinski definition) is 2. The van der Waals surface area contributed by atoms with Crippen LogP contribution in [-0.2, 0) is 0 Å². The van der Waals surface area contributed by atoms with Gasteiger partial charge >= 0.3 is 0 Å². The summed E-state index contributed by atoms with van der Waals surface area (Å²) in [4.78, 5) is 12.5. The van der Waals surface area contributed by atoms with Crippen molar-refractivity contribution in [2.45, 2.75) is 45.2 Å². The number of nitrogens with one attached hydrogen (secondary N) is 1. The Bertz CT molecular complexity index is 485. The SMILES string of the molecule is CC(C)n1cc(Br)cc1C(=O)NC(C)(CN)C1CC1.Cl. The van der Waals surface area contributed by atoms with Crippen LogP contribution < -0.4 is 11.1 Å². The molecule has 0 aromatic carbocycles. The predicted molar refractivity (Wildman–Crippen MR) is 87.4 cm³/mol. The van der Waals surface area contributed by atoms with E-state index in [0.717, 1.165) is 17.3 Å². The zero-order valence-corrected chi connectivity index (χ0v) is 14.6. The van der Waals surface area contributed by atoms with E-state index in [-0.39, 0.29) is 29.9 Å². The van der Waals surface area contributed by atoms with E-state index in [0.29, 0.717) is 18.2 Å². The summed E-state index contributed by atoms with van der Waals surface area (Å²) in [5, 5.41) is 3.12. The molecule has 1 unspecified atom stereocenters. The molecule has 1 fully saturated rings. The van der Waals surface area contributed by atoms with Crippen molar-refractivity contribution in [3.05, 3.63) is 22.4 Å². The van der Waals surface area contributed by atoms with Crippen LogP contribution >= 0.6 is 28.3 Å². The predicted octanol–water partition coefficient (Wildman–Crippen LogP) is 3.11. The first kappa shape index (κ1) is 17.5. The molecule has 1 aliphatic carbocycles. The molecule has 1 aromatic rings. The third-order valence-electron chi connectivity index (χ3n) is 3.91. The van der Waals surface area contributed by atoms with Crippen molar-refractivity contribution in [3.8, 4) is 0 Å². The minimum Gasteiger partial charge on any atom is -0.344 e. The van der Waals surface area contributed by atoms with Gasteiger partial charge in [-0.1, -0.05) is 0 Å². The van der Waals surface area contributed by atoms with Gasteiger partial charge in [0.2, 0.25) is 0 Å². The molecule has 0 spiro atoms. The molecule has 1 saturated carbocycles. The molecule has 1 aliphatic rings. The fourth-order valence-corrected chi connectivity index (χ4v) is 2.86. The Morgan fingerprint density at radius 3 is 2.65 bits per heavy atom. The Morgan fingerprint density at radius 2 is 2.20 bits per heavy atom.